The molecule has 1 atom stereocenters. The number of rotatable bonds is 5. The summed E-state index contributed by atoms with van der Waals surface area (Å²) in [5.74, 6) is 0.646. The number of aromatic nitrogens is 1. The van der Waals surface area contributed by atoms with E-state index >= 15 is 0 Å². The van der Waals surface area contributed by atoms with Crippen molar-refractivity contribution in [3.8, 4) is 5.75 Å². The van der Waals surface area contributed by atoms with Crippen molar-refractivity contribution in [2.45, 2.75) is 37.8 Å². The number of hydrogen-bond donors (Lipinski definition) is 1. The third kappa shape index (κ3) is 3.22. The Kier molecular flexibility index (Phi) is 4.10. The maximum atomic E-state index is 12.4. The van der Waals surface area contributed by atoms with Gasteiger partial charge in [0, 0.05) is 23.5 Å². The van der Waals surface area contributed by atoms with Crippen LogP contribution in [0.3, 0.4) is 0 Å². The molecule has 126 valence electrons. The summed E-state index contributed by atoms with van der Waals surface area (Å²) in [4.78, 5) is 19.2. The van der Waals surface area contributed by atoms with Crippen LogP contribution in [0.4, 0.5) is 0 Å². The second-order valence-electron chi connectivity index (χ2n) is 6.86. The van der Waals surface area contributed by atoms with Crippen LogP contribution in [0, 0.1) is 0 Å². The van der Waals surface area contributed by atoms with E-state index in [0.29, 0.717) is 24.4 Å². The highest BCUT2D eigenvalue weighted by Gasteiger charge is 2.25. The molecule has 2 fully saturated rings. The summed E-state index contributed by atoms with van der Waals surface area (Å²) in [6.45, 7) is 1.77. The number of hydrogen-bond acceptors (Lipinski definition) is 4. The molecule has 1 aromatic carbocycles. The molecule has 2 heterocycles. The van der Waals surface area contributed by atoms with Crippen LogP contribution in [0.25, 0.3) is 10.9 Å². The second-order valence-corrected chi connectivity index (χ2v) is 6.86. The highest BCUT2D eigenvalue weighted by atomic mass is 16.5. The number of para-hydroxylation sites is 1. The molecule has 5 heteroatoms. The summed E-state index contributed by atoms with van der Waals surface area (Å²) in [5, 5.41) is 3.96. The maximum absolute atomic E-state index is 12.4. The van der Waals surface area contributed by atoms with E-state index in [0.717, 1.165) is 42.5 Å². The Morgan fingerprint density at radius 3 is 2.92 bits per heavy atom. The molecule has 24 heavy (non-hydrogen) atoms. The first-order valence-electron chi connectivity index (χ1n) is 8.74. The van der Waals surface area contributed by atoms with Crippen molar-refractivity contribution >= 4 is 16.8 Å². The molecule has 0 radical (unpaired) electrons. The highest BCUT2D eigenvalue weighted by Crippen LogP contribution is 2.27. The monoisotopic (exact) mass is 325 g/mol. The fourth-order valence-electron chi connectivity index (χ4n) is 3.24. The summed E-state index contributed by atoms with van der Waals surface area (Å²) in [5.41, 5.74) is 1.24. The zero-order valence-corrected chi connectivity index (χ0v) is 14.0. The van der Waals surface area contributed by atoms with Gasteiger partial charge in [-0.25, -0.2) is 4.98 Å². The molecule has 1 aliphatic carbocycles. The van der Waals surface area contributed by atoms with Gasteiger partial charge in [-0.05, 0) is 51.4 Å². The zero-order chi connectivity index (χ0) is 16.5. The molecule has 2 aromatic rings. The van der Waals surface area contributed by atoms with Crippen molar-refractivity contribution in [1.82, 2.24) is 15.2 Å². The van der Waals surface area contributed by atoms with Gasteiger partial charge in [-0.3, -0.25) is 4.79 Å². The summed E-state index contributed by atoms with van der Waals surface area (Å²) in [6.07, 6.45) is 4.51. The first kappa shape index (κ1) is 15.4. The average molecular weight is 325 g/mol. The number of likely N-dealkylation sites (tertiary alicyclic amines) is 1. The van der Waals surface area contributed by atoms with E-state index in [-0.39, 0.29) is 5.91 Å². The number of likely N-dealkylation sites (N-methyl/N-ethyl adjacent to an activating group) is 1. The lowest BCUT2D eigenvalue weighted by Gasteiger charge is -2.20. The predicted octanol–water partition coefficient (Wildman–Crippen LogP) is 2.60. The molecule has 1 saturated heterocycles. The van der Waals surface area contributed by atoms with E-state index in [2.05, 4.69) is 22.2 Å². The van der Waals surface area contributed by atoms with Gasteiger partial charge >= 0.3 is 0 Å². The van der Waals surface area contributed by atoms with E-state index in [4.69, 9.17) is 4.74 Å². The van der Waals surface area contributed by atoms with Gasteiger partial charge in [0.1, 0.15) is 18.1 Å². The van der Waals surface area contributed by atoms with Crippen molar-refractivity contribution in [1.29, 1.82) is 0 Å². The van der Waals surface area contributed by atoms with Gasteiger partial charge < -0.3 is 15.0 Å². The molecule has 1 aromatic heterocycles. The van der Waals surface area contributed by atoms with Crippen molar-refractivity contribution in [3.05, 3.63) is 36.0 Å². The van der Waals surface area contributed by atoms with E-state index in [1.165, 1.54) is 6.42 Å². The smallest absolute Gasteiger partial charge is 0.270 e. The van der Waals surface area contributed by atoms with E-state index < -0.39 is 0 Å². The second kappa shape index (κ2) is 6.40. The molecule has 1 amide bonds. The molecule has 0 spiro atoms. The predicted molar refractivity (Wildman–Crippen MR) is 93.4 cm³/mol. The Morgan fingerprint density at radius 1 is 1.33 bits per heavy atom. The summed E-state index contributed by atoms with van der Waals surface area (Å²) < 4.78 is 6.12. The molecule has 1 aliphatic heterocycles. The fraction of sp³-hybridized carbons (Fsp3) is 0.474. The molecule has 5 nitrogen and oxygen atoms in total. The highest BCUT2D eigenvalue weighted by molar-refractivity contribution is 5.97. The Labute approximate surface area is 142 Å². The number of carbonyl (C=O) groups excluding carboxylic acids is 1. The summed E-state index contributed by atoms with van der Waals surface area (Å²) in [7, 11) is 2.14. The normalized spacial score (nSPS) is 21.1. The molecular formula is C19H23N3O2. The van der Waals surface area contributed by atoms with Crippen LogP contribution in [0.5, 0.6) is 5.75 Å². The molecule has 1 saturated carbocycles. The maximum Gasteiger partial charge on any atom is 0.270 e. The Morgan fingerprint density at radius 2 is 2.17 bits per heavy atom. The van der Waals surface area contributed by atoms with Crippen LogP contribution in [0.15, 0.2) is 30.3 Å². The zero-order valence-electron chi connectivity index (χ0n) is 14.0. The van der Waals surface area contributed by atoms with Gasteiger partial charge in [-0.15, -0.1) is 0 Å². The Hall–Kier alpha value is -2.14. The van der Waals surface area contributed by atoms with E-state index in [1.54, 1.807) is 6.07 Å². The number of nitrogens with zero attached hydrogens (tertiary/aromatic N) is 2. The topological polar surface area (TPSA) is 54.5 Å². The molecule has 2 aliphatic rings. The first-order valence-corrected chi connectivity index (χ1v) is 8.74. The van der Waals surface area contributed by atoms with Crippen molar-refractivity contribution in [3.63, 3.8) is 0 Å². The van der Waals surface area contributed by atoms with Crippen LogP contribution in [-0.4, -0.2) is 48.1 Å². The first-order chi connectivity index (χ1) is 11.7. The van der Waals surface area contributed by atoms with E-state index in [9.17, 15) is 4.79 Å². The summed E-state index contributed by atoms with van der Waals surface area (Å²) in [6, 6.07) is 10.4. The standard InChI is InChI=1S/C19H23N3O2/c1-22-10-4-5-14(22)12-24-18-11-17(19(23)20-13-8-9-13)21-16-7-3-2-6-15(16)18/h2-3,6-7,11,13-14H,4-5,8-10,12H2,1H3,(H,20,23)/t14-/m1/s1. The number of nitrogens with one attached hydrogen (secondary N) is 1. The third-order valence-electron chi connectivity index (χ3n) is 4.93. The third-order valence-corrected chi connectivity index (χ3v) is 4.93. The average Bonchev–Trinajstić information content (AvgIpc) is 3.32. The number of benzene rings is 1. The molecular weight excluding hydrogens is 302 g/mol. The number of pyridine rings is 1. The Balaban J connectivity index is 1.60. The molecule has 1 N–H and O–H groups in total. The van der Waals surface area contributed by atoms with Crippen molar-refractivity contribution < 1.29 is 9.53 Å². The molecule has 0 bridgehead atoms. The van der Waals surface area contributed by atoms with E-state index in [1.807, 2.05) is 24.3 Å². The number of carbonyl (C=O) groups is 1. The lowest BCUT2D eigenvalue weighted by molar-refractivity contribution is 0.0946. The summed E-state index contributed by atoms with van der Waals surface area (Å²) >= 11 is 0. The van der Waals surface area contributed by atoms with Crippen molar-refractivity contribution in [2.75, 3.05) is 20.2 Å². The minimum Gasteiger partial charge on any atom is -0.491 e. The largest absolute Gasteiger partial charge is 0.491 e. The number of fused-ring (bicyclic) bond motifs is 1. The van der Waals surface area contributed by atoms with Gasteiger partial charge in [0.2, 0.25) is 0 Å². The van der Waals surface area contributed by atoms with Crippen LogP contribution >= 0.6 is 0 Å². The van der Waals surface area contributed by atoms with Gasteiger partial charge in [0.15, 0.2) is 0 Å². The van der Waals surface area contributed by atoms with Crippen LogP contribution in [0.2, 0.25) is 0 Å². The minimum absolute atomic E-state index is 0.105. The van der Waals surface area contributed by atoms with Gasteiger partial charge in [-0.1, -0.05) is 12.1 Å². The number of ether oxygens (including phenoxy) is 1. The van der Waals surface area contributed by atoms with Gasteiger partial charge in [-0.2, -0.15) is 0 Å². The SMILES string of the molecule is CN1CCC[C@@H]1COc1cc(C(=O)NC2CC2)nc2ccccc12. The fourth-order valence-corrected chi connectivity index (χ4v) is 3.24. The lowest BCUT2D eigenvalue weighted by Crippen LogP contribution is -2.30. The minimum atomic E-state index is -0.105. The van der Waals surface area contributed by atoms with Gasteiger partial charge in [0.25, 0.3) is 5.91 Å². The molecule has 4 rings (SSSR count). The van der Waals surface area contributed by atoms with Gasteiger partial charge in [0.05, 0.1) is 5.52 Å². The van der Waals surface area contributed by atoms with Crippen LogP contribution in [-0.2, 0) is 0 Å². The van der Waals surface area contributed by atoms with Crippen LogP contribution < -0.4 is 10.1 Å². The Bertz CT molecular complexity index is 757. The lowest BCUT2D eigenvalue weighted by atomic mass is 10.1. The quantitative estimate of drug-likeness (QED) is 0.918. The number of amides is 1. The van der Waals surface area contributed by atoms with Crippen molar-refractivity contribution in [2.24, 2.45) is 0 Å². The van der Waals surface area contributed by atoms with Crippen LogP contribution in [0.1, 0.15) is 36.2 Å². The molecule has 0 unspecified atom stereocenters.